The Hall–Kier alpha value is -1.76. The van der Waals surface area contributed by atoms with Gasteiger partial charge in [-0.2, -0.15) is 5.10 Å². The van der Waals surface area contributed by atoms with Crippen molar-refractivity contribution in [2.45, 2.75) is 51.7 Å². The lowest BCUT2D eigenvalue weighted by Gasteiger charge is -2.34. The topological polar surface area (TPSA) is 72.9 Å². The first-order valence-electron chi connectivity index (χ1n) is 7.23. The number of aryl methyl sites for hydroxylation is 1. The van der Waals surface area contributed by atoms with Crippen LogP contribution < -0.4 is 0 Å². The number of nitrogens with zero attached hydrogens (tertiary/aromatic N) is 6. The Balaban J connectivity index is 1.65. The maximum atomic E-state index is 5.62. The van der Waals surface area contributed by atoms with Gasteiger partial charge in [0.25, 0.3) is 0 Å². The highest BCUT2D eigenvalue weighted by atomic mass is 16.4. The van der Waals surface area contributed by atoms with E-state index in [1.807, 2.05) is 11.6 Å². The SMILES string of the molecule is CCc1nnc(CN2CCCC[C@@H]2Cn2cncn2)o1. The van der Waals surface area contributed by atoms with E-state index >= 15 is 0 Å². The zero-order valence-corrected chi connectivity index (χ0v) is 11.8. The van der Waals surface area contributed by atoms with E-state index in [4.69, 9.17) is 4.42 Å². The molecule has 20 heavy (non-hydrogen) atoms. The quantitative estimate of drug-likeness (QED) is 0.819. The third-order valence-corrected chi connectivity index (χ3v) is 3.76. The predicted molar refractivity (Wildman–Crippen MR) is 71.7 cm³/mol. The van der Waals surface area contributed by atoms with Crippen molar-refractivity contribution in [3.63, 3.8) is 0 Å². The van der Waals surface area contributed by atoms with E-state index in [1.165, 1.54) is 19.3 Å². The molecule has 0 aliphatic carbocycles. The van der Waals surface area contributed by atoms with E-state index in [1.54, 1.807) is 12.7 Å². The first-order chi connectivity index (χ1) is 9.85. The average Bonchev–Trinajstić information content (AvgIpc) is 3.12. The minimum Gasteiger partial charge on any atom is -0.424 e. The van der Waals surface area contributed by atoms with Crippen LogP contribution in [0.1, 0.15) is 38.0 Å². The van der Waals surface area contributed by atoms with Crippen LogP contribution in [0.2, 0.25) is 0 Å². The summed E-state index contributed by atoms with van der Waals surface area (Å²) in [7, 11) is 0. The van der Waals surface area contributed by atoms with E-state index in [9.17, 15) is 0 Å². The van der Waals surface area contributed by atoms with Crippen molar-refractivity contribution in [2.75, 3.05) is 6.54 Å². The number of piperidine rings is 1. The van der Waals surface area contributed by atoms with Crippen LogP contribution in [0.5, 0.6) is 0 Å². The van der Waals surface area contributed by atoms with Gasteiger partial charge >= 0.3 is 0 Å². The van der Waals surface area contributed by atoms with Crippen LogP contribution in [0.25, 0.3) is 0 Å². The summed E-state index contributed by atoms with van der Waals surface area (Å²) in [5.41, 5.74) is 0. The third-order valence-electron chi connectivity index (χ3n) is 3.76. The summed E-state index contributed by atoms with van der Waals surface area (Å²) in [5, 5.41) is 12.3. The summed E-state index contributed by atoms with van der Waals surface area (Å²) in [5.74, 6) is 1.43. The zero-order chi connectivity index (χ0) is 13.8. The minimum absolute atomic E-state index is 0.461. The monoisotopic (exact) mass is 276 g/mol. The van der Waals surface area contributed by atoms with Gasteiger partial charge in [-0.05, 0) is 19.4 Å². The van der Waals surface area contributed by atoms with E-state index in [-0.39, 0.29) is 0 Å². The van der Waals surface area contributed by atoms with Gasteiger partial charge in [0.05, 0.1) is 13.1 Å². The van der Waals surface area contributed by atoms with Gasteiger partial charge in [0.2, 0.25) is 11.8 Å². The fraction of sp³-hybridized carbons (Fsp3) is 0.692. The fourth-order valence-corrected chi connectivity index (χ4v) is 2.69. The zero-order valence-electron chi connectivity index (χ0n) is 11.8. The van der Waals surface area contributed by atoms with Crippen LogP contribution in [0, 0.1) is 0 Å². The molecule has 0 bridgehead atoms. The summed E-state index contributed by atoms with van der Waals surface area (Å²) in [4.78, 5) is 6.42. The summed E-state index contributed by atoms with van der Waals surface area (Å²) in [6.45, 7) is 4.69. The number of aromatic nitrogens is 5. The molecule has 0 radical (unpaired) electrons. The molecule has 1 saturated heterocycles. The standard InChI is InChI=1S/C13H20N6O/c1-2-12-16-17-13(20-12)8-18-6-4-3-5-11(18)7-19-10-14-9-15-19/h9-11H,2-8H2,1H3/t11-/m1/s1. The lowest BCUT2D eigenvalue weighted by Crippen LogP contribution is -2.41. The van der Waals surface area contributed by atoms with Crippen LogP contribution in [-0.2, 0) is 19.5 Å². The molecule has 0 amide bonds. The largest absolute Gasteiger partial charge is 0.424 e. The molecule has 2 aromatic heterocycles. The molecule has 3 heterocycles. The molecule has 1 aliphatic rings. The van der Waals surface area contributed by atoms with Crippen LogP contribution in [0.3, 0.4) is 0 Å². The van der Waals surface area contributed by atoms with Crippen LogP contribution in [0.4, 0.5) is 0 Å². The Morgan fingerprint density at radius 3 is 2.95 bits per heavy atom. The maximum Gasteiger partial charge on any atom is 0.230 e. The number of hydrogen-bond donors (Lipinski definition) is 0. The Labute approximate surface area is 118 Å². The highest BCUT2D eigenvalue weighted by Crippen LogP contribution is 2.20. The summed E-state index contributed by atoms with van der Waals surface area (Å²) >= 11 is 0. The molecule has 0 aromatic carbocycles. The first-order valence-corrected chi connectivity index (χ1v) is 7.23. The van der Waals surface area contributed by atoms with E-state index in [2.05, 4.69) is 25.2 Å². The van der Waals surface area contributed by atoms with Gasteiger partial charge in [-0.25, -0.2) is 4.98 Å². The fourth-order valence-electron chi connectivity index (χ4n) is 2.69. The van der Waals surface area contributed by atoms with E-state index in [0.29, 0.717) is 17.8 Å². The Bertz CT molecular complexity index is 523. The van der Waals surface area contributed by atoms with Crippen molar-refractivity contribution in [1.29, 1.82) is 0 Å². The predicted octanol–water partition coefficient (Wildman–Crippen LogP) is 1.28. The van der Waals surface area contributed by atoms with Crippen LogP contribution in [0.15, 0.2) is 17.1 Å². The molecule has 0 spiro atoms. The molecule has 108 valence electrons. The Morgan fingerprint density at radius 1 is 1.30 bits per heavy atom. The van der Waals surface area contributed by atoms with Crippen LogP contribution >= 0.6 is 0 Å². The second-order valence-corrected chi connectivity index (χ2v) is 5.18. The average molecular weight is 276 g/mol. The van der Waals surface area contributed by atoms with Gasteiger partial charge in [0.15, 0.2) is 0 Å². The van der Waals surface area contributed by atoms with Crippen molar-refractivity contribution in [3.05, 3.63) is 24.4 Å². The highest BCUT2D eigenvalue weighted by molar-refractivity contribution is 4.85. The van der Waals surface area contributed by atoms with Gasteiger partial charge in [0.1, 0.15) is 12.7 Å². The maximum absolute atomic E-state index is 5.62. The molecule has 2 aromatic rings. The molecular formula is C13H20N6O. The molecule has 7 nitrogen and oxygen atoms in total. The van der Waals surface area contributed by atoms with Gasteiger partial charge < -0.3 is 4.42 Å². The second kappa shape index (κ2) is 6.13. The smallest absolute Gasteiger partial charge is 0.230 e. The Morgan fingerprint density at radius 2 is 2.20 bits per heavy atom. The number of likely N-dealkylation sites (tertiary alicyclic amines) is 1. The van der Waals surface area contributed by atoms with E-state index in [0.717, 1.165) is 26.1 Å². The van der Waals surface area contributed by atoms with Gasteiger partial charge in [-0.1, -0.05) is 13.3 Å². The number of rotatable bonds is 5. The van der Waals surface area contributed by atoms with Gasteiger partial charge in [-0.3, -0.25) is 9.58 Å². The van der Waals surface area contributed by atoms with Crippen molar-refractivity contribution >= 4 is 0 Å². The first kappa shape index (κ1) is 13.2. The molecule has 0 saturated carbocycles. The van der Waals surface area contributed by atoms with Crippen molar-refractivity contribution in [3.8, 4) is 0 Å². The molecular weight excluding hydrogens is 256 g/mol. The van der Waals surface area contributed by atoms with Crippen LogP contribution in [-0.4, -0.2) is 42.4 Å². The van der Waals surface area contributed by atoms with Crippen molar-refractivity contribution in [2.24, 2.45) is 0 Å². The van der Waals surface area contributed by atoms with Crippen molar-refractivity contribution < 1.29 is 4.42 Å². The summed E-state index contributed by atoms with van der Waals surface area (Å²) in [6, 6.07) is 0.461. The normalized spacial score (nSPS) is 20.4. The van der Waals surface area contributed by atoms with Gasteiger partial charge in [-0.15, -0.1) is 10.2 Å². The van der Waals surface area contributed by atoms with Crippen molar-refractivity contribution in [1.82, 2.24) is 29.9 Å². The molecule has 1 aliphatic heterocycles. The second-order valence-electron chi connectivity index (χ2n) is 5.18. The lowest BCUT2D eigenvalue weighted by molar-refractivity contribution is 0.110. The Kier molecular flexibility index (Phi) is 4.05. The molecule has 1 atom stereocenters. The molecule has 0 N–H and O–H groups in total. The van der Waals surface area contributed by atoms with E-state index < -0.39 is 0 Å². The highest BCUT2D eigenvalue weighted by Gasteiger charge is 2.24. The molecule has 1 fully saturated rings. The summed E-state index contributed by atoms with van der Waals surface area (Å²) < 4.78 is 7.52. The third kappa shape index (κ3) is 3.04. The van der Waals surface area contributed by atoms with Gasteiger partial charge in [0, 0.05) is 12.5 Å². The minimum atomic E-state index is 0.461. The molecule has 7 heteroatoms. The number of hydrogen-bond acceptors (Lipinski definition) is 6. The summed E-state index contributed by atoms with van der Waals surface area (Å²) in [6.07, 6.45) is 7.81. The molecule has 0 unspecified atom stereocenters. The lowest BCUT2D eigenvalue weighted by atomic mass is 10.0. The molecule has 3 rings (SSSR count).